The topological polar surface area (TPSA) is 161 Å². The third kappa shape index (κ3) is 6.47. The van der Waals surface area contributed by atoms with Crippen molar-refractivity contribution in [2.24, 2.45) is 0 Å². The van der Waals surface area contributed by atoms with Gasteiger partial charge in [0.1, 0.15) is 5.76 Å². The van der Waals surface area contributed by atoms with Gasteiger partial charge < -0.3 is 42.9 Å². The van der Waals surface area contributed by atoms with Gasteiger partial charge in [0.2, 0.25) is 12.5 Å². The first-order valence-electron chi connectivity index (χ1n) is 15.1. The fourth-order valence-corrected chi connectivity index (χ4v) is 7.64. The molecule has 6 heterocycles. The molecule has 258 valence electrons. The molecule has 1 spiro atoms. The number of aromatic nitrogens is 4. The van der Waals surface area contributed by atoms with Gasteiger partial charge in [0.25, 0.3) is 0 Å². The van der Waals surface area contributed by atoms with Gasteiger partial charge in [0.15, 0.2) is 46.4 Å². The summed E-state index contributed by atoms with van der Waals surface area (Å²) in [6, 6.07) is 7.26. The number of ether oxygens (including phenoxy) is 8. The summed E-state index contributed by atoms with van der Waals surface area (Å²) in [7, 11) is 4.92. The molecule has 0 radical (unpaired) electrons. The number of hydrogen-bond acceptors (Lipinski definition) is 15. The van der Waals surface area contributed by atoms with Crippen molar-refractivity contribution in [2.75, 3.05) is 48.7 Å². The maximum absolute atomic E-state index is 12.6. The van der Waals surface area contributed by atoms with Gasteiger partial charge >= 0.3 is 0 Å². The van der Waals surface area contributed by atoms with Crippen molar-refractivity contribution in [3.05, 3.63) is 72.0 Å². The zero-order chi connectivity index (χ0) is 34.0. The molecular weight excluding hydrogens is 677 g/mol. The number of pyridine rings is 2. The van der Waals surface area contributed by atoms with Crippen LogP contribution in [-0.4, -0.2) is 88.9 Å². The normalized spacial score (nSPS) is 20.8. The highest BCUT2D eigenvalue weighted by molar-refractivity contribution is 7.96. The van der Waals surface area contributed by atoms with Crippen LogP contribution in [-0.2, 0) is 31.8 Å². The third-order valence-corrected chi connectivity index (χ3v) is 10.4. The third-order valence-electron chi connectivity index (χ3n) is 8.12. The fraction of sp³-hybridized carbons (Fsp3) is 0.344. The first-order valence-corrected chi connectivity index (χ1v) is 17.3. The monoisotopic (exact) mass is 710 g/mol. The lowest BCUT2D eigenvalue weighted by atomic mass is 9.98. The van der Waals surface area contributed by atoms with E-state index in [4.69, 9.17) is 37.9 Å². The summed E-state index contributed by atoms with van der Waals surface area (Å²) in [5.74, 6) is 5.45. The average Bonchev–Trinajstić information content (AvgIpc) is 3.94. The van der Waals surface area contributed by atoms with E-state index in [2.05, 4.69) is 35.6 Å². The fourth-order valence-electron chi connectivity index (χ4n) is 5.66. The molecule has 17 heteroatoms. The number of H-pyrrole nitrogens is 1. The number of fused-ring (bicyclic) bond motifs is 2. The van der Waals surface area contributed by atoms with E-state index < -0.39 is 16.5 Å². The van der Waals surface area contributed by atoms with Gasteiger partial charge in [0.05, 0.1) is 98.3 Å². The molecule has 3 atom stereocenters. The SMILES string of the molecule is COc1cnc(CS(=O)c2nc3cc4c(cc3[nH]2)OCO4)cc1OC.COc1cnc(CSN2CNC34OCOC3=CC=CC24)cc1OC. The van der Waals surface area contributed by atoms with Crippen molar-refractivity contribution in [3.8, 4) is 34.5 Å². The summed E-state index contributed by atoms with van der Waals surface area (Å²) in [6.45, 7) is 1.19. The van der Waals surface area contributed by atoms with Gasteiger partial charge in [-0.1, -0.05) is 24.1 Å². The Hall–Kier alpha value is -4.55. The number of aromatic amines is 1. The van der Waals surface area contributed by atoms with Gasteiger partial charge in [-0.05, 0) is 6.08 Å². The summed E-state index contributed by atoms with van der Waals surface area (Å²) in [4.78, 5) is 16.1. The van der Waals surface area contributed by atoms with Crippen LogP contribution in [0.25, 0.3) is 11.0 Å². The maximum Gasteiger partial charge on any atom is 0.231 e. The second kappa shape index (κ2) is 14.1. The lowest BCUT2D eigenvalue weighted by Crippen LogP contribution is -2.50. The second-order valence-corrected chi connectivity index (χ2v) is 13.2. The highest BCUT2D eigenvalue weighted by Crippen LogP contribution is 2.42. The molecule has 4 aromatic rings. The highest BCUT2D eigenvalue weighted by atomic mass is 32.2. The number of hydrogen-bond donors (Lipinski definition) is 2. The van der Waals surface area contributed by atoms with Gasteiger partial charge in [-0.25, -0.2) is 9.29 Å². The number of benzene rings is 1. The minimum absolute atomic E-state index is 0.0881. The van der Waals surface area contributed by atoms with E-state index in [0.29, 0.717) is 57.5 Å². The predicted molar refractivity (Wildman–Crippen MR) is 179 cm³/mol. The van der Waals surface area contributed by atoms with Crippen LogP contribution in [0, 0.1) is 0 Å². The molecule has 8 rings (SSSR count). The number of rotatable bonds is 10. The first-order chi connectivity index (χ1) is 23.9. The van der Waals surface area contributed by atoms with E-state index in [1.54, 1.807) is 63.9 Å². The largest absolute Gasteiger partial charge is 0.493 e. The van der Waals surface area contributed by atoms with Crippen molar-refractivity contribution in [1.82, 2.24) is 29.6 Å². The molecule has 3 aromatic heterocycles. The molecule has 15 nitrogen and oxygen atoms in total. The Kier molecular flexibility index (Phi) is 9.50. The molecule has 4 aliphatic rings. The Balaban J connectivity index is 0.000000154. The van der Waals surface area contributed by atoms with E-state index in [1.165, 1.54) is 7.11 Å². The molecule has 0 amide bonds. The minimum atomic E-state index is -1.39. The van der Waals surface area contributed by atoms with Gasteiger partial charge in [-0.3, -0.25) is 19.5 Å². The molecule has 2 saturated heterocycles. The molecule has 1 aromatic carbocycles. The molecular formula is C32H34N6O9S2. The van der Waals surface area contributed by atoms with E-state index in [1.807, 2.05) is 18.2 Å². The Morgan fingerprint density at radius 2 is 1.61 bits per heavy atom. The van der Waals surface area contributed by atoms with Crippen LogP contribution in [0.1, 0.15) is 11.4 Å². The zero-order valence-electron chi connectivity index (χ0n) is 27.1. The van der Waals surface area contributed by atoms with Gasteiger partial charge in [-0.15, -0.1) is 0 Å². The van der Waals surface area contributed by atoms with Crippen LogP contribution in [0.2, 0.25) is 0 Å². The van der Waals surface area contributed by atoms with Crippen molar-refractivity contribution in [3.63, 3.8) is 0 Å². The maximum atomic E-state index is 12.6. The Labute approximate surface area is 288 Å². The second-order valence-electron chi connectivity index (χ2n) is 10.8. The number of imidazole rings is 1. The first kappa shape index (κ1) is 33.0. The van der Waals surface area contributed by atoms with Crippen LogP contribution >= 0.6 is 11.9 Å². The number of nitrogens with zero attached hydrogens (tertiary/aromatic N) is 4. The zero-order valence-corrected chi connectivity index (χ0v) is 28.7. The van der Waals surface area contributed by atoms with Crippen LogP contribution in [0.5, 0.6) is 34.5 Å². The van der Waals surface area contributed by atoms with Crippen molar-refractivity contribution >= 4 is 33.8 Å². The molecule has 2 N–H and O–H groups in total. The Bertz CT molecular complexity index is 1900. The van der Waals surface area contributed by atoms with E-state index in [0.717, 1.165) is 22.7 Å². The number of methoxy groups -OCH3 is 4. The highest BCUT2D eigenvalue weighted by Gasteiger charge is 2.55. The van der Waals surface area contributed by atoms with E-state index in [9.17, 15) is 4.21 Å². The summed E-state index contributed by atoms with van der Waals surface area (Å²) in [5, 5.41) is 3.80. The Morgan fingerprint density at radius 1 is 0.918 bits per heavy atom. The molecule has 0 saturated carbocycles. The van der Waals surface area contributed by atoms with E-state index in [-0.39, 0.29) is 25.4 Å². The van der Waals surface area contributed by atoms with Crippen molar-refractivity contribution in [2.45, 2.75) is 28.4 Å². The lowest BCUT2D eigenvalue weighted by Gasteiger charge is -2.31. The number of allylic oxidation sites excluding steroid dienone is 2. The molecule has 2 fully saturated rings. The van der Waals surface area contributed by atoms with Crippen molar-refractivity contribution in [1.29, 1.82) is 0 Å². The Morgan fingerprint density at radius 3 is 2.35 bits per heavy atom. The smallest absolute Gasteiger partial charge is 0.231 e. The summed E-state index contributed by atoms with van der Waals surface area (Å²) >= 11 is 1.70. The van der Waals surface area contributed by atoms with Crippen LogP contribution in [0.3, 0.4) is 0 Å². The van der Waals surface area contributed by atoms with Crippen LogP contribution < -0.4 is 33.7 Å². The van der Waals surface area contributed by atoms with Crippen LogP contribution in [0.15, 0.2) is 65.8 Å². The molecule has 3 unspecified atom stereocenters. The van der Waals surface area contributed by atoms with Gasteiger partial charge in [0, 0.05) is 24.3 Å². The quantitative estimate of drug-likeness (QED) is 0.230. The summed E-state index contributed by atoms with van der Waals surface area (Å²) in [6.07, 6.45) is 9.34. The standard InChI is InChI=1S/C16H15N3O5S.C16H19N3O4S/c1-21-12-3-9(17-6-15(12)22-2)7-25(20)16-18-10-4-13-14(24-8-23-13)5-11(10)19-16;1-20-12-6-11(17-7-13(12)21-2)8-24-19-9-18-16-14(19)4-3-5-15(16)22-10-23-16/h3-6H,7-8H2,1-2H3,(H,18,19);3-7,14,18H,8-10H2,1-2H3. The minimum Gasteiger partial charge on any atom is -0.493 e. The molecule has 0 bridgehead atoms. The summed E-state index contributed by atoms with van der Waals surface area (Å²) in [5.41, 5.74) is 2.41. The van der Waals surface area contributed by atoms with E-state index >= 15 is 0 Å². The lowest BCUT2D eigenvalue weighted by molar-refractivity contribution is -0.0231. The van der Waals surface area contributed by atoms with Gasteiger partial charge in [-0.2, -0.15) is 0 Å². The summed E-state index contributed by atoms with van der Waals surface area (Å²) < 4.78 is 57.9. The molecule has 3 aliphatic heterocycles. The average molecular weight is 711 g/mol. The molecule has 49 heavy (non-hydrogen) atoms. The van der Waals surface area contributed by atoms with Crippen molar-refractivity contribution < 1.29 is 42.1 Å². The van der Waals surface area contributed by atoms with Crippen LogP contribution in [0.4, 0.5) is 0 Å². The number of nitrogens with one attached hydrogen (secondary N) is 2. The predicted octanol–water partition coefficient (Wildman–Crippen LogP) is 3.64. The molecule has 1 aliphatic carbocycles.